The van der Waals surface area contributed by atoms with E-state index in [1.165, 1.54) is 18.2 Å². The number of hydrogen-bond acceptors (Lipinski definition) is 6. The number of nitrogens with two attached hydrogens (primary N) is 2. The predicted molar refractivity (Wildman–Crippen MR) is 83.2 cm³/mol. The number of ether oxygens (including phenoxy) is 1. The summed E-state index contributed by atoms with van der Waals surface area (Å²) in [6.45, 7) is 0.949. The van der Waals surface area contributed by atoms with Crippen LogP contribution in [0.15, 0.2) is 30.3 Å². The Labute approximate surface area is 136 Å². The zero-order chi connectivity index (χ0) is 17.3. The number of anilines is 3. The first kappa shape index (κ1) is 16.3. The van der Waals surface area contributed by atoms with E-state index in [0.29, 0.717) is 12.4 Å². The Morgan fingerprint density at radius 1 is 1.17 bits per heavy atom. The van der Waals surface area contributed by atoms with Crippen molar-refractivity contribution in [2.45, 2.75) is 12.3 Å². The fourth-order valence-corrected chi connectivity index (χ4v) is 2.71. The molecule has 1 unspecified atom stereocenters. The summed E-state index contributed by atoms with van der Waals surface area (Å²) in [6, 6.07) is 6.94. The first-order chi connectivity index (χ1) is 11.3. The molecular formula is C15H16F3N5O. The van der Waals surface area contributed by atoms with Crippen molar-refractivity contribution in [3.05, 3.63) is 41.5 Å². The van der Waals surface area contributed by atoms with Gasteiger partial charge in [0.2, 0.25) is 5.95 Å². The van der Waals surface area contributed by atoms with Gasteiger partial charge in [-0.2, -0.15) is 23.1 Å². The van der Waals surface area contributed by atoms with Gasteiger partial charge in [-0.1, -0.05) is 18.2 Å². The van der Waals surface area contributed by atoms with Crippen molar-refractivity contribution in [1.29, 1.82) is 0 Å². The van der Waals surface area contributed by atoms with Crippen molar-refractivity contribution in [2.75, 3.05) is 36.1 Å². The number of alkyl halides is 3. The number of halogens is 3. The molecule has 0 spiro atoms. The van der Waals surface area contributed by atoms with Crippen LogP contribution in [0.2, 0.25) is 0 Å². The maximum absolute atomic E-state index is 13.2. The second-order valence-electron chi connectivity index (χ2n) is 5.40. The molecule has 24 heavy (non-hydrogen) atoms. The third-order valence-corrected chi connectivity index (χ3v) is 3.75. The molecule has 0 aliphatic carbocycles. The maximum Gasteiger partial charge on any atom is 0.416 e. The Morgan fingerprint density at radius 3 is 2.62 bits per heavy atom. The van der Waals surface area contributed by atoms with Gasteiger partial charge < -0.3 is 21.1 Å². The van der Waals surface area contributed by atoms with E-state index in [9.17, 15) is 13.2 Å². The second-order valence-corrected chi connectivity index (χ2v) is 5.40. The molecule has 2 heterocycles. The van der Waals surface area contributed by atoms with E-state index in [-0.39, 0.29) is 30.5 Å². The molecule has 3 rings (SSSR count). The fraction of sp³-hybridized carbons (Fsp3) is 0.333. The van der Waals surface area contributed by atoms with E-state index in [1.807, 2.05) is 0 Å². The monoisotopic (exact) mass is 339 g/mol. The Kier molecular flexibility index (Phi) is 4.18. The molecule has 4 N–H and O–H groups in total. The molecule has 6 nitrogen and oxygen atoms in total. The topological polar surface area (TPSA) is 90.3 Å². The highest BCUT2D eigenvalue weighted by Gasteiger charge is 2.36. The summed E-state index contributed by atoms with van der Waals surface area (Å²) in [5, 5.41) is 0. The second kappa shape index (κ2) is 6.16. The molecule has 0 amide bonds. The molecule has 1 saturated heterocycles. The lowest BCUT2D eigenvalue weighted by Crippen LogP contribution is -2.39. The largest absolute Gasteiger partial charge is 0.416 e. The van der Waals surface area contributed by atoms with Crippen LogP contribution in [0.1, 0.15) is 17.2 Å². The minimum Gasteiger partial charge on any atom is -0.383 e. The lowest BCUT2D eigenvalue weighted by molar-refractivity contribution is -0.139. The third kappa shape index (κ3) is 3.35. The van der Waals surface area contributed by atoms with Crippen LogP contribution in [-0.4, -0.2) is 29.7 Å². The summed E-state index contributed by atoms with van der Waals surface area (Å²) in [5.41, 5.74) is 10.6. The van der Waals surface area contributed by atoms with Gasteiger partial charge in [-0.3, -0.25) is 0 Å². The zero-order valence-electron chi connectivity index (χ0n) is 12.6. The van der Waals surface area contributed by atoms with Crippen LogP contribution in [0.5, 0.6) is 0 Å². The Bertz CT molecular complexity index is 717. The highest BCUT2D eigenvalue weighted by molar-refractivity contribution is 5.51. The first-order valence-corrected chi connectivity index (χ1v) is 7.27. The van der Waals surface area contributed by atoms with E-state index in [4.69, 9.17) is 16.2 Å². The molecule has 0 saturated carbocycles. The van der Waals surface area contributed by atoms with E-state index in [1.54, 1.807) is 11.0 Å². The lowest BCUT2D eigenvalue weighted by atomic mass is 10.0. The number of hydrogen-bond donors (Lipinski definition) is 2. The highest BCUT2D eigenvalue weighted by atomic mass is 19.4. The summed E-state index contributed by atoms with van der Waals surface area (Å²) in [6.07, 6.45) is -5.17. The Balaban J connectivity index is 1.89. The van der Waals surface area contributed by atoms with Crippen LogP contribution >= 0.6 is 0 Å². The number of rotatable bonds is 2. The van der Waals surface area contributed by atoms with Crippen molar-refractivity contribution in [3.8, 4) is 0 Å². The molecule has 1 aromatic heterocycles. The van der Waals surface area contributed by atoms with Crippen LogP contribution in [-0.2, 0) is 10.9 Å². The quantitative estimate of drug-likeness (QED) is 0.872. The van der Waals surface area contributed by atoms with Crippen LogP contribution in [0.3, 0.4) is 0 Å². The van der Waals surface area contributed by atoms with Crippen molar-refractivity contribution in [3.63, 3.8) is 0 Å². The SMILES string of the molecule is Nc1cc(N2CCOC(c3ccccc3C(F)(F)F)C2)nc(N)n1. The summed E-state index contributed by atoms with van der Waals surface area (Å²) in [5.74, 6) is 0.692. The molecule has 1 fully saturated rings. The lowest BCUT2D eigenvalue weighted by Gasteiger charge is -2.35. The van der Waals surface area contributed by atoms with Crippen molar-refractivity contribution < 1.29 is 17.9 Å². The minimum atomic E-state index is -4.44. The molecule has 0 bridgehead atoms. The van der Waals surface area contributed by atoms with E-state index in [0.717, 1.165) is 6.07 Å². The van der Waals surface area contributed by atoms with E-state index >= 15 is 0 Å². The minimum absolute atomic E-state index is 0.0173. The highest BCUT2D eigenvalue weighted by Crippen LogP contribution is 2.37. The summed E-state index contributed by atoms with van der Waals surface area (Å²) in [4.78, 5) is 9.67. The van der Waals surface area contributed by atoms with Crippen LogP contribution in [0.4, 0.5) is 30.8 Å². The molecule has 9 heteroatoms. The Hall–Kier alpha value is -2.55. The van der Waals surface area contributed by atoms with Gasteiger partial charge >= 0.3 is 6.18 Å². The number of nitrogens with zero attached hydrogens (tertiary/aromatic N) is 3. The van der Waals surface area contributed by atoms with Crippen molar-refractivity contribution in [2.24, 2.45) is 0 Å². The van der Waals surface area contributed by atoms with Gasteiger partial charge in [0.05, 0.1) is 12.2 Å². The maximum atomic E-state index is 13.2. The summed E-state index contributed by atoms with van der Waals surface area (Å²) >= 11 is 0. The summed E-state index contributed by atoms with van der Waals surface area (Å²) in [7, 11) is 0. The van der Waals surface area contributed by atoms with Crippen LogP contribution in [0, 0.1) is 0 Å². The Morgan fingerprint density at radius 2 is 1.92 bits per heavy atom. The molecule has 1 aliphatic rings. The molecule has 2 aromatic rings. The number of benzene rings is 1. The predicted octanol–water partition coefficient (Wildman–Crippen LogP) is 2.24. The van der Waals surface area contributed by atoms with Gasteiger partial charge in [-0.15, -0.1) is 0 Å². The zero-order valence-corrected chi connectivity index (χ0v) is 12.6. The summed E-state index contributed by atoms with van der Waals surface area (Å²) < 4.78 is 45.2. The normalized spacial score (nSPS) is 18.6. The molecule has 1 atom stereocenters. The van der Waals surface area contributed by atoms with Gasteiger partial charge in [-0.05, 0) is 11.6 Å². The van der Waals surface area contributed by atoms with Gasteiger partial charge in [-0.25, -0.2) is 0 Å². The third-order valence-electron chi connectivity index (χ3n) is 3.75. The fourth-order valence-electron chi connectivity index (χ4n) is 2.71. The molecule has 1 aliphatic heterocycles. The standard InChI is InChI=1S/C15H16F3N5O/c16-15(17,18)10-4-2-1-3-9(10)11-8-23(5-6-24-11)13-7-12(19)21-14(20)22-13/h1-4,7,11H,5-6,8H2,(H4,19,20,21,22). The van der Waals surface area contributed by atoms with Crippen LogP contribution in [0.25, 0.3) is 0 Å². The average Bonchev–Trinajstić information content (AvgIpc) is 2.53. The van der Waals surface area contributed by atoms with Crippen LogP contribution < -0.4 is 16.4 Å². The van der Waals surface area contributed by atoms with Gasteiger partial charge in [0.15, 0.2) is 0 Å². The molecule has 1 aromatic carbocycles. The molecule has 128 valence electrons. The van der Waals surface area contributed by atoms with Crippen molar-refractivity contribution >= 4 is 17.6 Å². The van der Waals surface area contributed by atoms with Gasteiger partial charge in [0.25, 0.3) is 0 Å². The van der Waals surface area contributed by atoms with Gasteiger partial charge in [0.1, 0.15) is 17.7 Å². The smallest absolute Gasteiger partial charge is 0.383 e. The average molecular weight is 339 g/mol. The van der Waals surface area contributed by atoms with E-state index in [2.05, 4.69) is 9.97 Å². The van der Waals surface area contributed by atoms with Crippen molar-refractivity contribution in [1.82, 2.24) is 9.97 Å². The van der Waals surface area contributed by atoms with E-state index < -0.39 is 17.8 Å². The van der Waals surface area contributed by atoms with Gasteiger partial charge in [0, 0.05) is 19.2 Å². The number of aromatic nitrogens is 2. The molecular weight excluding hydrogens is 323 g/mol. The number of nitrogen functional groups attached to an aromatic ring is 2. The first-order valence-electron chi connectivity index (χ1n) is 7.27. The molecule has 0 radical (unpaired) electrons. The number of morpholine rings is 1.